The molecule has 6 heteroatoms. The van der Waals surface area contributed by atoms with Crippen molar-refractivity contribution >= 4 is 11.9 Å². The van der Waals surface area contributed by atoms with Gasteiger partial charge in [-0.2, -0.15) is 0 Å². The van der Waals surface area contributed by atoms with E-state index in [2.05, 4.69) is 0 Å². The molecule has 19 heavy (non-hydrogen) atoms. The summed E-state index contributed by atoms with van der Waals surface area (Å²) >= 11 is 0. The molecule has 2 aliphatic rings. The summed E-state index contributed by atoms with van der Waals surface area (Å²) in [6, 6.07) is 0. The fraction of sp³-hybridized carbons (Fsp3) is 0.538. The van der Waals surface area contributed by atoms with Gasteiger partial charge < -0.3 is 19.7 Å². The lowest BCUT2D eigenvalue weighted by atomic mass is 10.3. The smallest absolute Gasteiger partial charge is 0.317 e. The molecule has 0 spiro atoms. The highest BCUT2D eigenvalue weighted by atomic mass is 16.6. The van der Waals surface area contributed by atoms with E-state index in [1.54, 1.807) is 24.3 Å². The topological polar surface area (TPSA) is 93.1 Å². The van der Waals surface area contributed by atoms with Crippen molar-refractivity contribution in [1.82, 2.24) is 0 Å². The predicted octanol–water partition coefficient (Wildman–Crippen LogP) is -0.158. The summed E-state index contributed by atoms with van der Waals surface area (Å²) in [6.45, 7) is 0. The zero-order valence-corrected chi connectivity index (χ0v) is 10.3. The van der Waals surface area contributed by atoms with Gasteiger partial charge in [0.15, 0.2) is 0 Å². The van der Waals surface area contributed by atoms with E-state index in [1.165, 1.54) is 0 Å². The van der Waals surface area contributed by atoms with E-state index >= 15 is 0 Å². The minimum atomic E-state index is -0.684. The van der Waals surface area contributed by atoms with Gasteiger partial charge in [-0.05, 0) is 12.2 Å². The summed E-state index contributed by atoms with van der Waals surface area (Å²) in [5.74, 6) is -1.37. The van der Waals surface area contributed by atoms with Crippen LogP contribution in [0.4, 0.5) is 0 Å². The molecule has 0 saturated carbocycles. The van der Waals surface area contributed by atoms with Crippen molar-refractivity contribution in [3.05, 3.63) is 24.3 Å². The van der Waals surface area contributed by atoms with Crippen LogP contribution in [-0.4, -0.2) is 46.6 Å². The van der Waals surface area contributed by atoms with Gasteiger partial charge >= 0.3 is 11.9 Å². The largest absolute Gasteiger partial charge is 0.458 e. The minimum Gasteiger partial charge on any atom is -0.458 e. The third kappa shape index (κ3) is 4.18. The molecule has 0 heterocycles. The Bertz CT molecular complexity index is 375. The van der Waals surface area contributed by atoms with E-state index in [0.29, 0.717) is 12.8 Å². The van der Waals surface area contributed by atoms with E-state index in [-0.39, 0.29) is 0 Å². The molecular weight excluding hydrogens is 252 g/mol. The molecular formula is C13H16O6. The van der Waals surface area contributed by atoms with Crippen LogP contribution in [0.5, 0.6) is 0 Å². The lowest BCUT2D eigenvalue weighted by molar-refractivity contribution is -0.158. The molecule has 4 atom stereocenters. The number of rotatable bonds is 4. The number of esters is 2. The molecule has 0 saturated heterocycles. The van der Waals surface area contributed by atoms with E-state index < -0.39 is 42.8 Å². The van der Waals surface area contributed by atoms with Gasteiger partial charge in [-0.1, -0.05) is 12.2 Å². The molecule has 0 radical (unpaired) electrons. The number of aliphatic hydroxyl groups excluding tert-OH is 2. The first-order valence-corrected chi connectivity index (χ1v) is 6.14. The Kier molecular flexibility index (Phi) is 4.34. The zero-order valence-electron chi connectivity index (χ0n) is 10.3. The molecule has 0 fully saturated rings. The maximum atomic E-state index is 11.4. The molecule has 0 aromatic heterocycles. The van der Waals surface area contributed by atoms with E-state index in [4.69, 9.17) is 9.47 Å². The second-order valence-corrected chi connectivity index (χ2v) is 4.61. The lowest BCUT2D eigenvalue weighted by Gasteiger charge is -2.13. The number of hydrogen-bond donors (Lipinski definition) is 2. The van der Waals surface area contributed by atoms with Crippen molar-refractivity contribution in [2.75, 3.05) is 0 Å². The van der Waals surface area contributed by atoms with Crippen molar-refractivity contribution in [2.24, 2.45) is 0 Å². The molecule has 0 unspecified atom stereocenters. The normalized spacial score (nSPS) is 32.5. The Morgan fingerprint density at radius 2 is 1.32 bits per heavy atom. The molecule has 2 aliphatic carbocycles. The number of carbonyl (C=O) groups is 2. The average molecular weight is 268 g/mol. The van der Waals surface area contributed by atoms with Crippen molar-refractivity contribution < 1.29 is 29.3 Å². The Morgan fingerprint density at radius 3 is 1.63 bits per heavy atom. The van der Waals surface area contributed by atoms with Crippen LogP contribution in [0, 0.1) is 0 Å². The maximum Gasteiger partial charge on any atom is 0.317 e. The summed E-state index contributed by atoms with van der Waals surface area (Å²) < 4.78 is 9.97. The van der Waals surface area contributed by atoms with Gasteiger partial charge in [0, 0.05) is 12.8 Å². The first-order valence-electron chi connectivity index (χ1n) is 6.14. The van der Waals surface area contributed by atoms with Gasteiger partial charge in [-0.15, -0.1) is 0 Å². The second-order valence-electron chi connectivity index (χ2n) is 4.61. The van der Waals surface area contributed by atoms with E-state index in [9.17, 15) is 19.8 Å². The first-order chi connectivity index (χ1) is 9.02. The number of aliphatic hydroxyl groups is 2. The molecule has 0 amide bonds. The monoisotopic (exact) mass is 268 g/mol. The Hall–Kier alpha value is -1.66. The third-order valence-corrected chi connectivity index (χ3v) is 2.90. The molecule has 2 N–H and O–H groups in total. The maximum absolute atomic E-state index is 11.4. The SMILES string of the molecule is O=C(CC(=O)O[C@@H]1C=C[C@H](O)C1)O[C@@H]1C=C[C@H](O)C1. The summed E-state index contributed by atoms with van der Waals surface area (Å²) in [7, 11) is 0. The molecule has 0 aromatic rings. The molecule has 0 aromatic carbocycles. The van der Waals surface area contributed by atoms with Crippen molar-refractivity contribution in [1.29, 1.82) is 0 Å². The van der Waals surface area contributed by atoms with Crippen LogP contribution in [0.25, 0.3) is 0 Å². The summed E-state index contributed by atoms with van der Waals surface area (Å²) in [5.41, 5.74) is 0. The fourth-order valence-corrected chi connectivity index (χ4v) is 2.01. The highest BCUT2D eigenvalue weighted by molar-refractivity contribution is 5.91. The Labute approximate surface area is 110 Å². The second kappa shape index (κ2) is 5.99. The van der Waals surface area contributed by atoms with Gasteiger partial charge in [0.25, 0.3) is 0 Å². The summed E-state index contributed by atoms with van der Waals surface area (Å²) in [5, 5.41) is 18.4. The van der Waals surface area contributed by atoms with E-state index in [0.717, 1.165) is 0 Å². The quantitative estimate of drug-likeness (QED) is 0.418. The van der Waals surface area contributed by atoms with Gasteiger partial charge in [-0.25, -0.2) is 0 Å². The fourth-order valence-electron chi connectivity index (χ4n) is 2.01. The highest BCUT2D eigenvalue weighted by Gasteiger charge is 2.24. The first kappa shape index (κ1) is 13.8. The van der Waals surface area contributed by atoms with Gasteiger partial charge in [-0.3, -0.25) is 9.59 Å². The van der Waals surface area contributed by atoms with Crippen molar-refractivity contribution in [2.45, 2.75) is 43.7 Å². The molecule has 2 rings (SSSR count). The lowest BCUT2D eigenvalue weighted by Crippen LogP contribution is -2.22. The predicted molar refractivity (Wildman–Crippen MR) is 63.9 cm³/mol. The van der Waals surface area contributed by atoms with Crippen LogP contribution >= 0.6 is 0 Å². The minimum absolute atomic E-state index is 0.318. The van der Waals surface area contributed by atoms with Gasteiger partial charge in [0.2, 0.25) is 0 Å². The summed E-state index contributed by atoms with van der Waals surface area (Å²) in [6.07, 6.45) is 4.25. The molecule has 6 nitrogen and oxygen atoms in total. The molecule has 104 valence electrons. The van der Waals surface area contributed by atoms with E-state index in [1.807, 2.05) is 0 Å². The highest BCUT2D eigenvalue weighted by Crippen LogP contribution is 2.16. The summed E-state index contributed by atoms with van der Waals surface area (Å²) in [4.78, 5) is 22.9. The number of hydrogen-bond acceptors (Lipinski definition) is 6. The third-order valence-electron chi connectivity index (χ3n) is 2.90. The standard InChI is InChI=1S/C13H16O6/c14-8-1-3-10(5-8)18-12(16)7-13(17)19-11-4-2-9(15)6-11/h1-4,8-11,14-15H,5-7H2/t8-,9-,10+,11+/m0/s1. The van der Waals surface area contributed by atoms with Crippen LogP contribution in [0.2, 0.25) is 0 Å². The number of carbonyl (C=O) groups excluding carboxylic acids is 2. The van der Waals surface area contributed by atoms with Crippen molar-refractivity contribution in [3.63, 3.8) is 0 Å². The Balaban J connectivity index is 1.69. The zero-order chi connectivity index (χ0) is 13.8. The van der Waals surface area contributed by atoms with Crippen LogP contribution in [-0.2, 0) is 19.1 Å². The van der Waals surface area contributed by atoms with Crippen LogP contribution in [0.15, 0.2) is 24.3 Å². The number of ether oxygens (including phenoxy) is 2. The van der Waals surface area contributed by atoms with Crippen LogP contribution < -0.4 is 0 Å². The van der Waals surface area contributed by atoms with Crippen molar-refractivity contribution in [3.8, 4) is 0 Å². The van der Waals surface area contributed by atoms with Gasteiger partial charge in [0.05, 0.1) is 12.2 Å². The molecule has 0 aliphatic heterocycles. The van der Waals surface area contributed by atoms with Crippen LogP contribution in [0.3, 0.4) is 0 Å². The Morgan fingerprint density at radius 1 is 0.895 bits per heavy atom. The molecule has 0 bridgehead atoms. The van der Waals surface area contributed by atoms with Gasteiger partial charge in [0.1, 0.15) is 18.6 Å². The average Bonchev–Trinajstić information content (AvgIpc) is 2.87. The van der Waals surface area contributed by atoms with Crippen LogP contribution in [0.1, 0.15) is 19.3 Å².